The van der Waals surface area contributed by atoms with Gasteiger partial charge < -0.3 is 15.9 Å². The lowest BCUT2D eigenvalue weighted by molar-refractivity contribution is 0.102. The van der Waals surface area contributed by atoms with E-state index < -0.39 is 0 Å². The molecule has 0 amide bonds. The number of hydrogen-bond acceptors (Lipinski definition) is 4. The molecule has 0 aliphatic heterocycles. The Bertz CT molecular complexity index is 351. The minimum Gasteiger partial charge on any atom is -0.504 e. The van der Waals surface area contributed by atoms with Crippen LogP contribution in [0.25, 0.3) is 0 Å². The first kappa shape index (κ1) is 9.85. The standard InChI is InChI=1S/C8H8BrNO3/c9-3-8(13)4-1-6(11)7(12)2-5(4)10/h1-2,11-12H,3,10H2. The van der Waals surface area contributed by atoms with Crippen LogP contribution in [0.5, 0.6) is 11.5 Å². The number of benzene rings is 1. The number of phenols is 2. The lowest BCUT2D eigenvalue weighted by atomic mass is 10.1. The molecule has 0 saturated heterocycles. The van der Waals surface area contributed by atoms with Crippen LogP contribution in [0.2, 0.25) is 0 Å². The molecule has 0 aliphatic rings. The van der Waals surface area contributed by atoms with E-state index in [9.17, 15) is 4.79 Å². The van der Waals surface area contributed by atoms with Gasteiger partial charge in [-0.2, -0.15) is 0 Å². The molecule has 0 heterocycles. The van der Waals surface area contributed by atoms with E-state index in [1.165, 1.54) is 0 Å². The van der Waals surface area contributed by atoms with Gasteiger partial charge in [0.05, 0.1) is 5.33 Å². The molecule has 13 heavy (non-hydrogen) atoms. The summed E-state index contributed by atoms with van der Waals surface area (Å²) in [5.41, 5.74) is 5.81. The molecule has 0 unspecified atom stereocenters. The third kappa shape index (κ3) is 1.92. The van der Waals surface area contributed by atoms with Gasteiger partial charge >= 0.3 is 0 Å². The highest BCUT2D eigenvalue weighted by atomic mass is 79.9. The maximum absolute atomic E-state index is 11.2. The molecule has 1 aromatic carbocycles. The molecule has 0 atom stereocenters. The van der Waals surface area contributed by atoms with Crippen molar-refractivity contribution in [2.75, 3.05) is 11.1 Å². The number of halogens is 1. The monoisotopic (exact) mass is 245 g/mol. The van der Waals surface area contributed by atoms with Crippen LogP contribution in [0.3, 0.4) is 0 Å². The Hall–Kier alpha value is -1.23. The minimum atomic E-state index is -0.349. The number of alkyl halides is 1. The number of ketones is 1. The van der Waals surface area contributed by atoms with Crippen LogP contribution < -0.4 is 5.73 Å². The number of phenolic OH excluding ortho intramolecular Hbond substituents is 2. The van der Waals surface area contributed by atoms with Crippen LogP contribution in [0, 0.1) is 0 Å². The van der Waals surface area contributed by atoms with Crippen molar-refractivity contribution >= 4 is 27.4 Å². The molecule has 4 N–H and O–H groups in total. The Balaban J connectivity index is 3.23. The topological polar surface area (TPSA) is 83.6 Å². The molecule has 0 radical (unpaired) electrons. The summed E-state index contributed by atoms with van der Waals surface area (Å²) in [5, 5.41) is 18.2. The summed E-state index contributed by atoms with van der Waals surface area (Å²) in [7, 11) is 0. The minimum absolute atomic E-state index is 0.126. The second kappa shape index (κ2) is 3.66. The Kier molecular flexibility index (Phi) is 2.77. The summed E-state index contributed by atoms with van der Waals surface area (Å²) in [6.07, 6.45) is 0. The van der Waals surface area contributed by atoms with E-state index in [1.54, 1.807) is 0 Å². The van der Waals surface area contributed by atoms with Gasteiger partial charge in [-0.05, 0) is 6.07 Å². The first-order valence-electron chi connectivity index (χ1n) is 3.47. The predicted molar refractivity (Wildman–Crippen MR) is 52.3 cm³/mol. The van der Waals surface area contributed by atoms with Gasteiger partial charge in [-0.25, -0.2) is 0 Å². The number of anilines is 1. The first-order valence-corrected chi connectivity index (χ1v) is 4.59. The van der Waals surface area contributed by atoms with E-state index in [0.29, 0.717) is 0 Å². The third-order valence-electron chi connectivity index (χ3n) is 1.57. The highest BCUT2D eigenvalue weighted by Crippen LogP contribution is 2.30. The molecule has 0 aromatic heterocycles. The van der Waals surface area contributed by atoms with E-state index in [0.717, 1.165) is 12.1 Å². The fourth-order valence-electron chi connectivity index (χ4n) is 0.906. The Morgan fingerprint density at radius 3 is 2.46 bits per heavy atom. The number of hydrogen-bond donors (Lipinski definition) is 3. The van der Waals surface area contributed by atoms with Crippen molar-refractivity contribution in [3.8, 4) is 11.5 Å². The number of aromatic hydroxyl groups is 2. The van der Waals surface area contributed by atoms with E-state index in [4.69, 9.17) is 15.9 Å². The number of nitrogens with two attached hydrogens (primary N) is 1. The molecule has 0 fully saturated rings. The average Bonchev–Trinajstić information content (AvgIpc) is 2.10. The van der Waals surface area contributed by atoms with E-state index in [1.807, 2.05) is 0 Å². The number of rotatable bonds is 2. The fraction of sp³-hybridized carbons (Fsp3) is 0.125. The first-order chi connectivity index (χ1) is 6.06. The van der Waals surface area contributed by atoms with E-state index >= 15 is 0 Å². The summed E-state index contributed by atoms with van der Waals surface area (Å²) in [6, 6.07) is 2.29. The lowest BCUT2D eigenvalue weighted by Crippen LogP contribution is -2.04. The zero-order valence-corrected chi connectivity index (χ0v) is 8.21. The van der Waals surface area contributed by atoms with Crippen LogP contribution in [0.4, 0.5) is 5.69 Å². The van der Waals surface area contributed by atoms with Crippen LogP contribution in [-0.4, -0.2) is 21.3 Å². The van der Waals surface area contributed by atoms with Crippen molar-refractivity contribution in [3.05, 3.63) is 17.7 Å². The van der Waals surface area contributed by atoms with Gasteiger partial charge in [0.1, 0.15) is 0 Å². The average molecular weight is 246 g/mol. The second-order valence-corrected chi connectivity index (χ2v) is 3.05. The third-order valence-corrected chi connectivity index (χ3v) is 2.08. The fourth-order valence-corrected chi connectivity index (χ4v) is 1.21. The largest absolute Gasteiger partial charge is 0.504 e. The lowest BCUT2D eigenvalue weighted by Gasteiger charge is -2.04. The Labute approximate surface area is 83.1 Å². The van der Waals surface area contributed by atoms with Gasteiger partial charge in [0.25, 0.3) is 0 Å². The zero-order valence-electron chi connectivity index (χ0n) is 6.62. The van der Waals surface area contributed by atoms with Gasteiger partial charge in [0.2, 0.25) is 0 Å². The van der Waals surface area contributed by atoms with Crippen LogP contribution in [-0.2, 0) is 0 Å². The second-order valence-electron chi connectivity index (χ2n) is 2.48. The number of nitrogen functional groups attached to an aromatic ring is 1. The molecular weight excluding hydrogens is 238 g/mol. The maximum Gasteiger partial charge on any atom is 0.175 e. The van der Waals surface area contributed by atoms with Gasteiger partial charge in [-0.15, -0.1) is 0 Å². The number of Topliss-reactive ketones (excluding diaryl/α,β-unsaturated/α-hetero) is 1. The number of carbonyl (C=O) groups is 1. The summed E-state index contributed by atoms with van der Waals surface area (Å²) in [6.45, 7) is 0. The molecule has 0 saturated carbocycles. The molecule has 0 bridgehead atoms. The van der Waals surface area contributed by atoms with Crippen LogP contribution in [0.15, 0.2) is 12.1 Å². The summed E-state index contributed by atoms with van der Waals surface area (Å²) < 4.78 is 0. The maximum atomic E-state index is 11.2. The molecular formula is C8H8BrNO3. The quantitative estimate of drug-likeness (QED) is 0.241. The molecule has 4 nitrogen and oxygen atoms in total. The predicted octanol–water partition coefficient (Wildman–Crippen LogP) is 1.26. The molecule has 1 rings (SSSR count). The number of carbonyl (C=O) groups excluding carboxylic acids is 1. The van der Waals surface area contributed by atoms with Gasteiger partial charge in [-0.3, -0.25) is 4.79 Å². The molecule has 70 valence electrons. The van der Waals surface area contributed by atoms with Crippen molar-refractivity contribution in [1.29, 1.82) is 0 Å². The van der Waals surface area contributed by atoms with E-state index in [2.05, 4.69) is 15.9 Å². The SMILES string of the molecule is Nc1cc(O)c(O)cc1C(=O)CBr. The molecule has 5 heteroatoms. The Morgan fingerprint density at radius 1 is 1.38 bits per heavy atom. The van der Waals surface area contributed by atoms with Crippen molar-refractivity contribution in [1.82, 2.24) is 0 Å². The highest BCUT2D eigenvalue weighted by molar-refractivity contribution is 9.09. The normalized spacial score (nSPS) is 9.92. The Morgan fingerprint density at radius 2 is 1.92 bits per heavy atom. The summed E-state index contributed by atoms with van der Waals surface area (Å²) in [5.74, 6) is -0.921. The van der Waals surface area contributed by atoms with Gasteiger partial charge in [-0.1, -0.05) is 15.9 Å². The van der Waals surface area contributed by atoms with Crippen molar-refractivity contribution < 1.29 is 15.0 Å². The van der Waals surface area contributed by atoms with Crippen LogP contribution >= 0.6 is 15.9 Å². The van der Waals surface area contributed by atoms with Gasteiger partial charge in [0, 0.05) is 17.3 Å². The molecule has 0 aliphatic carbocycles. The smallest absolute Gasteiger partial charge is 0.175 e. The zero-order chi connectivity index (χ0) is 10.0. The van der Waals surface area contributed by atoms with Crippen molar-refractivity contribution in [2.24, 2.45) is 0 Å². The van der Waals surface area contributed by atoms with Gasteiger partial charge in [0.15, 0.2) is 17.3 Å². The highest BCUT2D eigenvalue weighted by Gasteiger charge is 2.11. The molecule has 0 spiro atoms. The van der Waals surface area contributed by atoms with E-state index in [-0.39, 0.29) is 33.9 Å². The summed E-state index contributed by atoms with van der Waals surface area (Å²) >= 11 is 2.98. The van der Waals surface area contributed by atoms with Crippen LogP contribution in [0.1, 0.15) is 10.4 Å². The van der Waals surface area contributed by atoms with Crippen molar-refractivity contribution in [3.63, 3.8) is 0 Å². The van der Waals surface area contributed by atoms with Crippen molar-refractivity contribution in [2.45, 2.75) is 0 Å². The molecule has 1 aromatic rings. The summed E-state index contributed by atoms with van der Waals surface area (Å²) in [4.78, 5) is 11.2.